The van der Waals surface area contributed by atoms with Crippen molar-refractivity contribution in [1.29, 1.82) is 0 Å². The van der Waals surface area contributed by atoms with E-state index in [1.165, 1.54) is 12.8 Å². The van der Waals surface area contributed by atoms with Crippen LogP contribution in [-0.2, 0) is 4.74 Å². The fourth-order valence-electron chi connectivity index (χ4n) is 2.22. The van der Waals surface area contributed by atoms with Crippen LogP contribution in [0.4, 0.5) is 5.69 Å². The van der Waals surface area contributed by atoms with E-state index in [1.54, 1.807) is 0 Å². The van der Waals surface area contributed by atoms with E-state index in [-0.39, 0.29) is 0 Å². The second kappa shape index (κ2) is 6.27. The minimum absolute atomic E-state index is 0.497. The predicted molar refractivity (Wildman–Crippen MR) is 72.9 cm³/mol. The summed E-state index contributed by atoms with van der Waals surface area (Å²) in [4.78, 5) is 0. The van der Waals surface area contributed by atoms with Crippen LogP contribution in [0.2, 0.25) is 5.02 Å². The Hall–Kier alpha value is -0.730. The molecule has 0 aliphatic carbocycles. The summed E-state index contributed by atoms with van der Waals surface area (Å²) < 4.78 is 5.60. The van der Waals surface area contributed by atoms with Crippen LogP contribution in [0, 0.1) is 6.92 Å². The van der Waals surface area contributed by atoms with Crippen molar-refractivity contribution < 1.29 is 4.74 Å². The lowest BCUT2D eigenvalue weighted by atomic mass is 10.1. The van der Waals surface area contributed by atoms with Crippen molar-refractivity contribution in [3.63, 3.8) is 0 Å². The largest absolute Gasteiger partial charge is 0.385 e. The van der Waals surface area contributed by atoms with Crippen LogP contribution in [-0.4, -0.2) is 19.3 Å². The van der Waals surface area contributed by atoms with Crippen LogP contribution in [0.1, 0.15) is 31.2 Å². The number of benzene rings is 1. The zero-order valence-electron chi connectivity index (χ0n) is 10.3. The lowest BCUT2D eigenvalue weighted by molar-refractivity contribution is 0.103. The van der Waals surface area contributed by atoms with Gasteiger partial charge in [-0.05, 0) is 50.3 Å². The molecule has 0 saturated carbocycles. The fraction of sp³-hybridized carbons (Fsp3) is 0.571. The Morgan fingerprint density at radius 3 is 3.12 bits per heavy atom. The molecular formula is C14H20ClNO. The topological polar surface area (TPSA) is 21.3 Å². The van der Waals surface area contributed by atoms with Crippen molar-refractivity contribution in [2.75, 3.05) is 18.5 Å². The molecule has 1 N–H and O–H groups in total. The lowest BCUT2D eigenvalue weighted by Crippen LogP contribution is -2.09. The van der Waals surface area contributed by atoms with Gasteiger partial charge in [0.05, 0.1) is 6.10 Å². The third-order valence-electron chi connectivity index (χ3n) is 3.31. The normalized spacial score (nSPS) is 19.5. The molecule has 1 aliphatic heterocycles. The first-order valence-electron chi connectivity index (χ1n) is 6.38. The van der Waals surface area contributed by atoms with Gasteiger partial charge in [-0.1, -0.05) is 17.7 Å². The molecule has 1 unspecified atom stereocenters. The fourth-order valence-corrected chi connectivity index (χ4v) is 2.40. The zero-order valence-corrected chi connectivity index (χ0v) is 11.1. The maximum atomic E-state index is 6.07. The van der Waals surface area contributed by atoms with Crippen LogP contribution in [0.15, 0.2) is 18.2 Å². The van der Waals surface area contributed by atoms with Gasteiger partial charge in [0.2, 0.25) is 0 Å². The van der Waals surface area contributed by atoms with Gasteiger partial charge in [0, 0.05) is 23.9 Å². The SMILES string of the molecule is Cc1c(Cl)cccc1NCCCC1CCCO1. The smallest absolute Gasteiger partial charge is 0.0576 e. The molecule has 17 heavy (non-hydrogen) atoms. The third kappa shape index (κ3) is 3.62. The summed E-state index contributed by atoms with van der Waals surface area (Å²) in [7, 11) is 0. The van der Waals surface area contributed by atoms with E-state index in [9.17, 15) is 0 Å². The molecule has 1 aromatic carbocycles. The van der Waals surface area contributed by atoms with Crippen LogP contribution in [0.3, 0.4) is 0 Å². The molecule has 0 bridgehead atoms. The average molecular weight is 254 g/mol. The zero-order chi connectivity index (χ0) is 12.1. The first-order chi connectivity index (χ1) is 8.27. The molecule has 1 atom stereocenters. The van der Waals surface area contributed by atoms with Crippen molar-refractivity contribution in [2.24, 2.45) is 0 Å². The number of hydrogen-bond acceptors (Lipinski definition) is 2. The predicted octanol–water partition coefficient (Wildman–Crippen LogP) is 4.02. The molecule has 0 spiro atoms. The molecule has 1 aromatic rings. The summed E-state index contributed by atoms with van der Waals surface area (Å²) in [6.07, 6.45) is 5.27. The highest BCUT2D eigenvalue weighted by molar-refractivity contribution is 6.31. The van der Waals surface area contributed by atoms with Gasteiger partial charge >= 0.3 is 0 Å². The maximum absolute atomic E-state index is 6.07. The third-order valence-corrected chi connectivity index (χ3v) is 3.72. The summed E-state index contributed by atoms with van der Waals surface area (Å²) in [6.45, 7) is 3.98. The van der Waals surface area contributed by atoms with E-state index in [4.69, 9.17) is 16.3 Å². The molecule has 94 valence electrons. The molecular weight excluding hydrogens is 234 g/mol. The molecule has 1 aliphatic rings. The van der Waals surface area contributed by atoms with E-state index in [2.05, 4.69) is 11.4 Å². The molecule has 3 heteroatoms. The number of hydrogen-bond donors (Lipinski definition) is 1. The lowest BCUT2D eigenvalue weighted by Gasteiger charge is -2.12. The molecule has 0 amide bonds. The Balaban J connectivity index is 1.72. The van der Waals surface area contributed by atoms with Crippen LogP contribution in [0.25, 0.3) is 0 Å². The Morgan fingerprint density at radius 1 is 1.47 bits per heavy atom. The van der Waals surface area contributed by atoms with Gasteiger partial charge in [-0.2, -0.15) is 0 Å². The summed E-state index contributed by atoms with van der Waals surface area (Å²) in [6, 6.07) is 5.99. The highest BCUT2D eigenvalue weighted by Crippen LogP contribution is 2.23. The van der Waals surface area contributed by atoms with Gasteiger partial charge in [0.25, 0.3) is 0 Å². The van der Waals surface area contributed by atoms with Gasteiger partial charge < -0.3 is 10.1 Å². The van der Waals surface area contributed by atoms with Crippen LogP contribution < -0.4 is 5.32 Å². The van der Waals surface area contributed by atoms with Crippen molar-refractivity contribution in [1.82, 2.24) is 0 Å². The molecule has 1 heterocycles. The molecule has 1 saturated heterocycles. The Labute approximate surface area is 108 Å². The maximum Gasteiger partial charge on any atom is 0.0576 e. The van der Waals surface area contributed by atoms with Crippen molar-refractivity contribution in [2.45, 2.75) is 38.7 Å². The summed E-state index contributed by atoms with van der Waals surface area (Å²) in [5, 5.41) is 4.27. The molecule has 2 rings (SSSR count). The molecule has 0 radical (unpaired) electrons. The monoisotopic (exact) mass is 253 g/mol. The number of rotatable bonds is 5. The van der Waals surface area contributed by atoms with Gasteiger partial charge in [-0.3, -0.25) is 0 Å². The van der Waals surface area contributed by atoms with E-state index < -0.39 is 0 Å². The molecule has 0 aromatic heterocycles. The number of nitrogens with one attached hydrogen (secondary N) is 1. The van der Waals surface area contributed by atoms with Crippen molar-refractivity contribution in [3.8, 4) is 0 Å². The summed E-state index contributed by atoms with van der Waals surface area (Å²) in [5.41, 5.74) is 2.27. The van der Waals surface area contributed by atoms with E-state index in [0.717, 1.165) is 42.3 Å². The van der Waals surface area contributed by atoms with Gasteiger partial charge in [-0.15, -0.1) is 0 Å². The molecule has 2 nitrogen and oxygen atoms in total. The minimum atomic E-state index is 0.497. The van der Waals surface area contributed by atoms with Crippen LogP contribution >= 0.6 is 11.6 Å². The second-order valence-corrected chi connectivity index (χ2v) is 5.02. The van der Waals surface area contributed by atoms with E-state index in [1.807, 2.05) is 19.1 Å². The highest BCUT2D eigenvalue weighted by atomic mass is 35.5. The second-order valence-electron chi connectivity index (χ2n) is 4.62. The Morgan fingerprint density at radius 2 is 2.35 bits per heavy atom. The van der Waals surface area contributed by atoms with Crippen molar-refractivity contribution >= 4 is 17.3 Å². The number of halogens is 1. The number of anilines is 1. The first-order valence-corrected chi connectivity index (χ1v) is 6.76. The highest BCUT2D eigenvalue weighted by Gasteiger charge is 2.14. The Kier molecular flexibility index (Phi) is 4.69. The molecule has 1 fully saturated rings. The number of ether oxygens (including phenoxy) is 1. The quantitative estimate of drug-likeness (QED) is 0.801. The minimum Gasteiger partial charge on any atom is -0.385 e. The standard InChI is InChI=1S/C14H20ClNO/c1-11-13(15)7-2-8-14(11)16-9-3-5-12-6-4-10-17-12/h2,7-8,12,16H,3-6,9-10H2,1H3. The first kappa shape index (κ1) is 12.7. The summed E-state index contributed by atoms with van der Waals surface area (Å²) in [5.74, 6) is 0. The van der Waals surface area contributed by atoms with Gasteiger partial charge in [0.15, 0.2) is 0 Å². The Bertz CT molecular complexity index is 361. The van der Waals surface area contributed by atoms with Crippen molar-refractivity contribution in [3.05, 3.63) is 28.8 Å². The van der Waals surface area contributed by atoms with Crippen LogP contribution in [0.5, 0.6) is 0 Å². The van der Waals surface area contributed by atoms with Gasteiger partial charge in [0.1, 0.15) is 0 Å². The van der Waals surface area contributed by atoms with Gasteiger partial charge in [-0.25, -0.2) is 0 Å². The van der Waals surface area contributed by atoms with E-state index in [0.29, 0.717) is 6.10 Å². The summed E-state index contributed by atoms with van der Waals surface area (Å²) >= 11 is 6.07. The van der Waals surface area contributed by atoms with E-state index >= 15 is 0 Å². The average Bonchev–Trinajstić information content (AvgIpc) is 2.83.